The van der Waals surface area contributed by atoms with Gasteiger partial charge < -0.3 is 4.74 Å². The van der Waals surface area contributed by atoms with Crippen molar-refractivity contribution in [2.24, 2.45) is 5.10 Å². The number of rotatable bonds is 3. The monoisotopic (exact) mass is 310 g/mol. The summed E-state index contributed by atoms with van der Waals surface area (Å²) in [5, 5.41) is 6.47. The highest BCUT2D eigenvalue weighted by molar-refractivity contribution is 6.15. The summed E-state index contributed by atoms with van der Waals surface area (Å²) in [6, 6.07) is 13.5. The van der Waals surface area contributed by atoms with E-state index in [9.17, 15) is 4.79 Å². The van der Waals surface area contributed by atoms with Crippen LogP contribution in [0.4, 0.5) is 16.2 Å². The molecule has 0 unspecified atom stereocenters. The van der Waals surface area contributed by atoms with Crippen LogP contribution >= 0.6 is 0 Å². The molecule has 3 rings (SSSR count). The standard InChI is InChI=1S/C17H18N4O2/c1-2-23-17(22)21(15-9-6-11-18-13-15)16-10-12-20(19-16)14-7-4-3-5-8-14/h3-9,11,13H,2,10,12H2,1H3. The van der Waals surface area contributed by atoms with Crippen molar-refractivity contribution in [2.45, 2.75) is 13.3 Å². The van der Waals surface area contributed by atoms with Crippen LogP contribution in [0.5, 0.6) is 0 Å². The van der Waals surface area contributed by atoms with Gasteiger partial charge in [-0.1, -0.05) is 18.2 Å². The maximum Gasteiger partial charge on any atom is 0.420 e. The quantitative estimate of drug-likeness (QED) is 0.873. The SMILES string of the molecule is CCOC(=O)N(C1=NN(c2ccccc2)CC1)c1cccnc1. The summed E-state index contributed by atoms with van der Waals surface area (Å²) in [5.41, 5.74) is 1.65. The van der Waals surface area contributed by atoms with E-state index >= 15 is 0 Å². The fourth-order valence-corrected chi connectivity index (χ4v) is 2.42. The van der Waals surface area contributed by atoms with E-state index in [-0.39, 0.29) is 0 Å². The Morgan fingerprint density at radius 3 is 2.78 bits per heavy atom. The molecule has 0 aliphatic carbocycles. The molecule has 1 aliphatic rings. The summed E-state index contributed by atoms with van der Waals surface area (Å²) >= 11 is 0. The number of anilines is 2. The maximum absolute atomic E-state index is 12.4. The fourth-order valence-electron chi connectivity index (χ4n) is 2.42. The highest BCUT2D eigenvalue weighted by Crippen LogP contribution is 2.23. The number of hydrogen-bond donors (Lipinski definition) is 0. The molecule has 1 aromatic carbocycles. The zero-order valence-corrected chi connectivity index (χ0v) is 12.9. The van der Waals surface area contributed by atoms with Gasteiger partial charge in [-0.2, -0.15) is 5.10 Å². The summed E-state index contributed by atoms with van der Waals surface area (Å²) < 4.78 is 5.17. The molecule has 0 radical (unpaired) electrons. The first-order valence-corrected chi connectivity index (χ1v) is 7.56. The molecule has 23 heavy (non-hydrogen) atoms. The number of amides is 1. The first-order valence-electron chi connectivity index (χ1n) is 7.56. The van der Waals surface area contributed by atoms with Crippen molar-refractivity contribution in [3.63, 3.8) is 0 Å². The summed E-state index contributed by atoms with van der Waals surface area (Å²) in [5.74, 6) is 0.653. The normalized spacial score (nSPS) is 13.6. The van der Waals surface area contributed by atoms with E-state index in [1.165, 1.54) is 4.90 Å². The summed E-state index contributed by atoms with van der Waals surface area (Å²) in [4.78, 5) is 17.9. The van der Waals surface area contributed by atoms with Crippen LogP contribution in [0.2, 0.25) is 0 Å². The number of nitrogens with zero attached hydrogens (tertiary/aromatic N) is 4. The van der Waals surface area contributed by atoms with Crippen molar-refractivity contribution in [1.29, 1.82) is 0 Å². The minimum atomic E-state index is -0.436. The molecule has 6 nitrogen and oxygen atoms in total. The third-order valence-electron chi connectivity index (χ3n) is 3.45. The van der Waals surface area contributed by atoms with Crippen molar-refractivity contribution < 1.29 is 9.53 Å². The van der Waals surface area contributed by atoms with Crippen molar-refractivity contribution in [2.75, 3.05) is 23.1 Å². The summed E-state index contributed by atoms with van der Waals surface area (Å²) in [6.07, 6.45) is 3.52. The molecule has 0 fully saturated rings. The van der Waals surface area contributed by atoms with Crippen LogP contribution < -0.4 is 9.91 Å². The van der Waals surface area contributed by atoms with Gasteiger partial charge in [-0.25, -0.2) is 9.69 Å². The van der Waals surface area contributed by atoms with Crippen LogP contribution in [0.3, 0.4) is 0 Å². The molecule has 6 heteroatoms. The molecular weight excluding hydrogens is 292 g/mol. The third kappa shape index (κ3) is 3.31. The number of benzene rings is 1. The highest BCUT2D eigenvalue weighted by atomic mass is 16.6. The lowest BCUT2D eigenvalue weighted by Crippen LogP contribution is -2.36. The molecule has 0 saturated heterocycles. The second-order valence-corrected chi connectivity index (χ2v) is 4.97. The lowest BCUT2D eigenvalue weighted by Gasteiger charge is -2.20. The second-order valence-electron chi connectivity index (χ2n) is 4.97. The van der Waals surface area contributed by atoms with E-state index in [0.717, 1.165) is 12.2 Å². The smallest absolute Gasteiger partial charge is 0.420 e. The topological polar surface area (TPSA) is 58.0 Å². The fraction of sp³-hybridized carbons (Fsp3) is 0.235. The molecule has 0 atom stereocenters. The Hall–Kier alpha value is -2.89. The lowest BCUT2D eigenvalue weighted by atomic mass is 10.3. The number of hydrogen-bond acceptors (Lipinski definition) is 5. The van der Waals surface area contributed by atoms with Gasteiger partial charge in [0.15, 0.2) is 0 Å². The Morgan fingerprint density at radius 1 is 1.26 bits per heavy atom. The van der Waals surface area contributed by atoms with Crippen molar-refractivity contribution >= 4 is 23.3 Å². The van der Waals surface area contributed by atoms with Crippen LogP contribution in [0, 0.1) is 0 Å². The number of para-hydroxylation sites is 1. The Morgan fingerprint density at radius 2 is 2.09 bits per heavy atom. The molecule has 1 aliphatic heterocycles. The molecule has 0 N–H and O–H groups in total. The van der Waals surface area contributed by atoms with Crippen molar-refractivity contribution in [3.05, 3.63) is 54.9 Å². The largest absolute Gasteiger partial charge is 0.449 e. The number of carbonyl (C=O) groups excluding carboxylic acids is 1. The Kier molecular flexibility index (Phi) is 4.52. The predicted octanol–water partition coefficient (Wildman–Crippen LogP) is 3.27. The van der Waals surface area contributed by atoms with Crippen LogP contribution in [-0.2, 0) is 4.74 Å². The minimum absolute atomic E-state index is 0.311. The Labute approximate surface area is 135 Å². The molecule has 0 spiro atoms. The molecular formula is C17H18N4O2. The summed E-state index contributed by atoms with van der Waals surface area (Å²) in [7, 11) is 0. The van der Waals surface area contributed by atoms with Gasteiger partial charge >= 0.3 is 6.09 Å². The van der Waals surface area contributed by atoms with Gasteiger partial charge in [0.25, 0.3) is 0 Å². The third-order valence-corrected chi connectivity index (χ3v) is 3.45. The van der Waals surface area contributed by atoms with Gasteiger partial charge in [0.1, 0.15) is 5.84 Å². The van der Waals surface area contributed by atoms with Crippen LogP contribution in [0.1, 0.15) is 13.3 Å². The number of carbonyl (C=O) groups is 1. The number of ether oxygens (including phenoxy) is 1. The average molecular weight is 310 g/mol. The Bertz CT molecular complexity index is 688. The first kappa shape index (κ1) is 15.0. The summed E-state index contributed by atoms with van der Waals surface area (Å²) in [6.45, 7) is 2.81. The number of pyridine rings is 1. The van der Waals surface area contributed by atoms with Crippen molar-refractivity contribution in [3.8, 4) is 0 Å². The molecule has 1 aromatic heterocycles. The van der Waals surface area contributed by atoms with Gasteiger partial charge in [-0.05, 0) is 31.2 Å². The maximum atomic E-state index is 12.4. The zero-order valence-electron chi connectivity index (χ0n) is 12.9. The first-order chi connectivity index (χ1) is 11.3. The molecule has 0 bridgehead atoms. The van der Waals surface area contributed by atoms with Crippen molar-refractivity contribution in [1.82, 2.24) is 4.98 Å². The van der Waals surface area contributed by atoms with E-state index in [4.69, 9.17) is 4.74 Å². The lowest BCUT2D eigenvalue weighted by molar-refractivity contribution is 0.163. The molecule has 0 saturated carbocycles. The van der Waals surface area contributed by atoms with Gasteiger partial charge in [0.2, 0.25) is 0 Å². The second kappa shape index (κ2) is 6.91. The van der Waals surface area contributed by atoms with Gasteiger partial charge in [0.05, 0.1) is 24.2 Å². The Balaban J connectivity index is 1.90. The average Bonchev–Trinajstić information content (AvgIpc) is 3.07. The van der Waals surface area contributed by atoms with E-state index in [0.29, 0.717) is 24.6 Å². The van der Waals surface area contributed by atoms with Crippen LogP contribution in [-0.4, -0.2) is 30.1 Å². The van der Waals surface area contributed by atoms with E-state index in [2.05, 4.69) is 10.1 Å². The molecule has 118 valence electrons. The van der Waals surface area contributed by atoms with Gasteiger partial charge in [-0.15, -0.1) is 0 Å². The predicted molar refractivity (Wildman–Crippen MR) is 89.6 cm³/mol. The van der Waals surface area contributed by atoms with E-state index in [1.807, 2.05) is 41.4 Å². The minimum Gasteiger partial charge on any atom is -0.449 e. The molecule has 1 amide bonds. The van der Waals surface area contributed by atoms with Crippen LogP contribution in [0.25, 0.3) is 0 Å². The number of amidine groups is 1. The van der Waals surface area contributed by atoms with Gasteiger partial charge in [-0.3, -0.25) is 9.99 Å². The molecule has 2 heterocycles. The van der Waals surface area contributed by atoms with E-state index in [1.54, 1.807) is 25.4 Å². The van der Waals surface area contributed by atoms with Crippen LogP contribution in [0.15, 0.2) is 60.0 Å². The van der Waals surface area contributed by atoms with Gasteiger partial charge in [0, 0.05) is 19.2 Å². The van der Waals surface area contributed by atoms with E-state index < -0.39 is 6.09 Å². The zero-order chi connectivity index (χ0) is 16.1. The number of aromatic nitrogens is 1. The molecule has 2 aromatic rings. The highest BCUT2D eigenvalue weighted by Gasteiger charge is 2.28. The number of hydrazone groups is 1.